The van der Waals surface area contributed by atoms with Crippen LogP contribution in [0.4, 0.5) is 4.79 Å². The van der Waals surface area contributed by atoms with Crippen molar-refractivity contribution in [3.63, 3.8) is 0 Å². The zero-order valence-electron chi connectivity index (χ0n) is 38.0. The van der Waals surface area contributed by atoms with Crippen LogP contribution in [0.5, 0.6) is 0 Å². The molecule has 2 heterocycles. The summed E-state index contributed by atoms with van der Waals surface area (Å²) in [6.45, 7) is 19.4. The summed E-state index contributed by atoms with van der Waals surface area (Å²) in [6, 6.07) is 9.00. The summed E-state index contributed by atoms with van der Waals surface area (Å²) in [5.74, 6) is -2.71. The van der Waals surface area contributed by atoms with Crippen molar-refractivity contribution in [1.82, 2.24) is 19.6 Å². The highest BCUT2D eigenvalue weighted by Crippen LogP contribution is 2.33. The predicted octanol–water partition coefficient (Wildman–Crippen LogP) is 6.26. The lowest BCUT2D eigenvalue weighted by Gasteiger charge is -2.41. The number of benzene rings is 1. The lowest BCUT2D eigenvalue weighted by Crippen LogP contribution is -2.54. The number of Topliss-reactive ketones (excluding diaryl/α,β-unsaturated/α-hetero) is 1. The molecule has 0 radical (unpaired) electrons. The van der Waals surface area contributed by atoms with Crippen molar-refractivity contribution in [2.75, 3.05) is 54.0 Å². The average molecular weight is 827 g/mol. The number of ether oxygens (including phenoxy) is 3. The molecular weight excluding hydrogens is 753 g/mol. The Balaban J connectivity index is 1.70. The monoisotopic (exact) mass is 827 g/mol. The fourth-order valence-corrected chi connectivity index (χ4v) is 8.68. The SMILES string of the molecule is CC[C@H](C)[C@@H]([C@@H](CC(=O)N1CCC[C@H]1[C@H](C)[C@@H](C)C(=O)C[C@@H](Cc1ccccc1)C(=O)OC)OC)N(C)C(=O)[C@@H](CC(=O)N1CCN(C(=O)OC(C)(C)C)CC1)C(C)C. The van der Waals surface area contributed by atoms with Crippen molar-refractivity contribution >= 4 is 35.6 Å². The van der Waals surface area contributed by atoms with E-state index >= 15 is 0 Å². The van der Waals surface area contributed by atoms with Gasteiger partial charge < -0.3 is 33.8 Å². The molecule has 0 aromatic heterocycles. The van der Waals surface area contributed by atoms with Gasteiger partial charge in [-0.3, -0.25) is 24.0 Å². The number of methoxy groups -OCH3 is 2. The highest BCUT2D eigenvalue weighted by Gasteiger charge is 2.42. The van der Waals surface area contributed by atoms with Crippen LogP contribution in [-0.2, 0) is 44.6 Å². The minimum Gasteiger partial charge on any atom is -0.469 e. The number of amides is 4. The molecule has 8 atom stereocenters. The third-order valence-electron chi connectivity index (χ3n) is 12.7. The molecule has 0 aliphatic carbocycles. The Morgan fingerprint density at radius 3 is 1.98 bits per heavy atom. The fraction of sp³-hybridized carbons (Fsp3) is 0.739. The highest BCUT2D eigenvalue weighted by molar-refractivity contribution is 5.87. The number of rotatable bonds is 19. The summed E-state index contributed by atoms with van der Waals surface area (Å²) < 4.78 is 16.6. The smallest absolute Gasteiger partial charge is 0.410 e. The molecule has 59 heavy (non-hydrogen) atoms. The molecule has 0 N–H and O–H groups in total. The zero-order chi connectivity index (χ0) is 44.2. The maximum atomic E-state index is 14.4. The van der Waals surface area contributed by atoms with E-state index in [1.165, 1.54) is 7.11 Å². The van der Waals surface area contributed by atoms with Crippen LogP contribution in [0.2, 0.25) is 0 Å². The Morgan fingerprint density at radius 2 is 1.44 bits per heavy atom. The van der Waals surface area contributed by atoms with Crippen LogP contribution in [0.3, 0.4) is 0 Å². The topological polar surface area (TPSA) is 143 Å². The molecule has 13 heteroatoms. The van der Waals surface area contributed by atoms with Crippen molar-refractivity contribution in [3.05, 3.63) is 35.9 Å². The van der Waals surface area contributed by atoms with Gasteiger partial charge in [0, 0.05) is 77.6 Å². The molecule has 2 aliphatic heterocycles. The second kappa shape index (κ2) is 22.6. The molecule has 332 valence electrons. The van der Waals surface area contributed by atoms with Crippen LogP contribution >= 0.6 is 0 Å². The summed E-state index contributed by atoms with van der Waals surface area (Å²) in [5.41, 5.74) is 0.348. The number of carbonyl (C=O) groups is 6. The van der Waals surface area contributed by atoms with E-state index < -0.39 is 47.6 Å². The molecule has 13 nitrogen and oxygen atoms in total. The quantitative estimate of drug-likeness (QED) is 0.148. The Labute approximate surface area is 353 Å². The van der Waals surface area contributed by atoms with E-state index in [4.69, 9.17) is 14.2 Å². The van der Waals surface area contributed by atoms with Gasteiger partial charge in [-0.1, -0.05) is 78.3 Å². The van der Waals surface area contributed by atoms with E-state index in [1.807, 2.05) is 90.6 Å². The summed E-state index contributed by atoms with van der Waals surface area (Å²) in [4.78, 5) is 88.2. The van der Waals surface area contributed by atoms with Gasteiger partial charge in [-0.25, -0.2) is 4.79 Å². The number of hydrogen-bond donors (Lipinski definition) is 0. The van der Waals surface area contributed by atoms with Crippen LogP contribution < -0.4 is 0 Å². The molecule has 2 aliphatic rings. The summed E-state index contributed by atoms with van der Waals surface area (Å²) in [6.07, 6.45) is 1.87. The van der Waals surface area contributed by atoms with Crippen LogP contribution in [-0.4, -0.2) is 133 Å². The minimum atomic E-state index is -0.610. The second-order valence-electron chi connectivity index (χ2n) is 18.2. The molecule has 4 amide bonds. The predicted molar refractivity (Wildman–Crippen MR) is 227 cm³/mol. The molecule has 1 aromatic carbocycles. The van der Waals surface area contributed by atoms with Crippen molar-refractivity contribution in [3.8, 4) is 0 Å². The van der Waals surface area contributed by atoms with E-state index in [-0.39, 0.29) is 66.6 Å². The maximum Gasteiger partial charge on any atom is 0.410 e. The molecule has 0 saturated carbocycles. The molecule has 3 rings (SSSR count). The van der Waals surface area contributed by atoms with Gasteiger partial charge in [0.15, 0.2) is 0 Å². The molecule has 2 fully saturated rings. The Morgan fingerprint density at radius 1 is 0.831 bits per heavy atom. The van der Waals surface area contributed by atoms with Gasteiger partial charge in [-0.15, -0.1) is 0 Å². The van der Waals surface area contributed by atoms with Crippen LogP contribution in [0.25, 0.3) is 0 Å². The van der Waals surface area contributed by atoms with E-state index in [0.717, 1.165) is 24.8 Å². The molecule has 2 saturated heterocycles. The number of hydrogen-bond acceptors (Lipinski definition) is 9. The van der Waals surface area contributed by atoms with Gasteiger partial charge in [-0.2, -0.15) is 0 Å². The van der Waals surface area contributed by atoms with Crippen molar-refractivity contribution in [2.24, 2.45) is 35.5 Å². The third kappa shape index (κ3) is 13.8. The number of likely N-dealkylation sites (N-methyl/N-ethyl adjacent to an activating group) is 1. The van der Waals surface area contributed by atoms with Gasteiger partial charge >= 0.3 is 12.1 Å². The maximum absolute atomic E-state index is 14.4. The Kier molecular flexibility index (Phi) is 18.9. The first-order valence-electron chi connectivity index (χ1n) is 21.7. The Bertz CT molecular complexity index is 1550. The first-order chi connectivity index (χ1) is 27.7. The van der Waals surface area contributed by atoms with E-state index in [0.29, 0.717) is 39.1 Å². The average Bonchev–Trinajstić information content (AvgIpc) is 3.71. The molecule has 0 unspecified atom stereocenters. The van der Waals surface area contributed by atoms with Gasteiger partial charge in [0.25, 0.3) is 0 Å². The van der Waals surface area contributed by atoms with Crippen molar-refractivity contribution < 1.29 is 43.0 Å². The second-order valence-corrected chi connectivity index (χ2v) is 18.2. The molecule has 0 spiro atoms. The zero-order valence-corrected chi connectivity index (χ0v) is 38.0. The van der Waals surface area contributed by atoms with Gasteiger partial charge in [0.2, 0.25) is 17.7 Å². The number of likely N-dealkylation sites (tertiary alicyclic amines) is 1. The standard InChI is InChI=1S/C46H74N4O9/c1-13-31(4)42(47(10)43(54)36(30(2)3)28-40(52)48-22-24-49(25-23-48)45(56)59-46(7,8)9)39(57-11)29-41(53)50-21-17-20-37(50)32(5)33(6)38(51)27-35(44(55)58-12)26-34-18-15-14-16-19-34/h14-16,18-19,30-33,35-37,39,42H,13,17,20-29H2,1-12H3/t31-,32+,33+,35+,36-,37-,39+,42-/m0/s1. The van der Waals surface area contributed by atoms with Gasteiger partial charge in [0.1, 0.15) is 11.4 Å². The Hall–Kier alpha value is -4.00. The van der Waals surface area contributed by atoms with E-state index in [9.17, 15) is 28.8 Å². The first-order valence-corrected chi connectivity index (χ1v) is 21.7. The van der Waals surface area contributed by atoms with Crippen molar-refractivity contribution in [1.29, 1.82) is 0 Å². The largest absolute Gasteiger partial charge is 0.469 e. The first kappa shape index (κ1) is 49.4. The number of piperazine rings is 1. The van der Waals surface area contributed by atoms with E-state index in [2.05, 4.69) is 6.92 Å². The van der Waals surface area contributed by atoms with Crippen molar-refractivity contribution in [2.45, 2.75) is 131 Å². The summed E-state index contributed by atoms with van der Waals surface area (Å²) >= 11 is 0. The van der Waals surface area contributed by atoms with E-state index in [1.54, 1.807) is 28.9 Å². The van der Waals surface area contributed by atoms with Gasteiger partial charge in [0.05, 0.1) is 31.6 Å². The van der Waals surface area contributed by atoms with Crippen LogP contribution in [0, 0.1) is 35.5 Å². The molecule has 1 aromatic rings. The summed E-state index contributed by atoms with van der Waals surface area (Å²) in [5, 5.41) is 0. The normalized spacial score (nSPS) is 19.6. The number of ketones is 1. The number of esters is 1. The summed E-state index contributed by atoms with van der Waals surface area (Å²) in [7, 11) is 4.67. The van der Waals surface area contributed by atoms with Crippen LogP contribution in [0.1, 0.15) is 106 Å². The third-order valence-corrected chi connectivity index (χ3v) is 12.7. The number of carbonyl (C=O) groups excluding carboxylic acids is 6. The lowest BCUT2D eigenvalue weighted by atomic mass is 9.81. The van der Waals surface area contributed by atoms with Crippen LogP contribution in [0.15, 0.2) is 30.3 Å². The minimum absolute atomic E-state index is 0.0178. The molecule has 0 bridgehead atoms. The number of nitrogens with zero attached hydrogens (tertiary/aromatic N) is 4. The molecular formula is C46H74N4O9. The fourth-order valence-electron chi connectivity index (χ4n) is 8.68. The lowest BCUT2D eigenvalue weighted by molar-refractivity contribution is -0.149. The highest BCUT2D eigenvalue weighted by atomic mass is 16.6. The van der Waals surface area contributed by atoms with Gasteiger partial charge in [-0.05, 0) is 63.4 Å².